The molecule has 0 saturated carbocycles. The van der Waals surface area contributed by atoms with E-state index in [0.717, 1.165) is 16.5 Å². The summed E-state index contributed by atoms with van der Waals surface area (Å²) in [4.78, 5) is 16.4. The SMILES string of the molecule is Cc1cccc2cc(C#N)c(NCCNC(=O)Nc3ccc(F)cc3)nc12. The molecule has 0 fully saturated rings. The largest absolute Gasteiger partial charge is 0.367 e. The topological polar surface area (TPSA) is 89.8 Å². The highest BCUT2D eigenvalue weighted by Gasteiger charge is 2.08. The van der Waals surface area contributed by atoms with Crippen molar-refractivity contribution in [2.75, 3.05) is 23.7 Å². The number of hydrogen-bond donors (Lipinski definition) is 3. The van der Waals surface area contributed by atoms with Gasteiger partial charge < -0.3 is 16.0 Å². The van der Waals surface area contributed by atoms with Crippen LogP contribution in [0.5, 0.6) is 0 Å². The summed E-state index contributed by atoms with van der Waals surface area (Å²) >= 11 is 0. The number of nitrogens with zero attached hydrogens (tertiary/aromatic N) is 2. The van der Waals surface area contributed by atoms with Gasteiger partial charge in [0.05, 0.1) is 11.1 Å². The zero-order valence-electron chi connectivity index (χ0n) is 14.7. The van der Waals surface area contributed by atoms with Crippen LogP contribution in [0.1, 0.15) is 11.1 Å². The van der Waals surface area contributed by atoms with Crippen molar-refractivity contribution in [3.05, 3.63) is 65.5 Å². The number of halogens is 1. The average molecular weight is 363 g/mol. The number of amides is 2. The number of carbonyl (C=O) groups excluding carboxylic acids is 1. The molecule has 3 aromatic rings. The fourth-order valence-corrected chi connectivity index (χ4v) is 2.63. The lowest BCUT2D eigenvalue weighted by atomic mass is 10.1. The van der Waals surface area contributed by atoms with Crippen LogP contribution in [0, 0.1) is 24.1 Å². The Labute approximate surface area is 156 Å². The van der Waals surface area contributed by atoms with Crippen molar-refractivity contribution >= 4 is 28.4 Å². The number of hydrogen-bond acceptors (Lipinski definition) is 4. The number of fused-ring (bicyclic) bond motifs is 1. The second-order valence-corrected chi connectivity index (χ2v) is 5.96. The fourth-order valence-electron chi connectivity index (χ4n) is 2.63. The van der Waals surface area contributed by atoms with Gasteiger partial charge in [-0.15, -0.1) is 0 Å². The molecule has 3 N–H and O–H groups in total. The zero-order valence-corrected chi connectivity index (χ0v) is 14.7. The number of anilines is 2. The minimum atomic E-state index is -0.397. The summed E-state index contributed by atoms with van der Waals surface area (Å²) in [6.07, 6.45) is 0. The lowest BCUT2D eigenvalue weighted by molar-refractivity contribution is 0.252. The monoisotopic (exact) mass is 363 g/mol. The molecule has 6 nitrogen and oxygen atoms in total. The van der Waals surface area contributed by atoms with E-state index in [-0.39, 0.29) is 5.82 Å². The molecule has 2 aromatic carbocycles. The summed E-state index contributed by atoms with van der Waals surface area (Å²) in [5.74, 6) is 0.122. The van der Waals surface area contributed by atoms with Gasteiger partial charge in [-0.2, -0.15) is 5.26 Å². The first-order valence-electron chi connectivity index (χ1n) is 8.41. The van der Waals surface area contributed by atoms with Gasteiger partial charge in [-0.25, -0.2) is 14.2 Å². The molecule has 7 heteroatoms. The van der Waals surface area contributed by atoms with Crippen molar-refractivity contribution in [3.8, 4) is 6.07 Å². The fraction of sp³-hybridized carbons (Fsp3) is 0.150. The van der Waals surface area contributed by atoms with Crippen LogP contribution in [0.4, 0.5) is 20.7 Å². The first-order valence-corrected chi connectivity index (χ1v) is 8.41. The van der Waals surface area contributed by atoms with Crippen LogP contribution in [0.3, 0.4) is 0 Å². The molecule has 0 spiro atoms. The highest BCUT2D eigenvalue weighted by molar-refractivity contribution is 5.89. The van der Waals surface area contributed by atoms with E-state index >= 15 is 0 Å². The zero-order chi connectivity index (χ0) is 19.2. The Balaban J connectivity index is 1.57. The molecule has 0 radical (unpaired) electrons. The summed E-state index contributed by atoms with van der Waals surface area (Å²) in [5, 5.41) is 18.6. The highest BCUT2D eigenvalue weighted by atomic mass is 19.1. The normalized spacial score (nSPS) is 10.3. The number of benzene rings is 2. The minimum absolute atomic E-state index is 0.325. The first kappa shape index (κ1) is 18.1. The average Bonchev–Trinajstić information content (AvgIpc) is 2.67. The molecule has 1 heterocycles. The number of para-hydroxylation sites is 1. The number of aromatic nitrogens is 1. The Morgan fingerprint density at radius 2 is 1.96 bits per heavy atom. The van der Waals surface area contributed by atoms with E-state index < -0.39 is 6.03 Å². The summed E-state index contributed by atoms with van der Waals surface area (Å²) in [7, 11) is 0. The van der Waals surface area contributed by atoms with E-state index in [1.54, 1.807) is 6.07 Å². The quantitative estimate of drug-likeness (QED) is 0.602. The van der Waals surface area contributed by atoms with Crippen LogP contribution in [0.15, 0.2) is 48.5 Å². The Kier molecular flexibility index (Phi) is 5.47. The Hall–Kier alpha value is -3.66. The van der Waals surface area contributed by atoms with E-state index in [0.29, 0.717) is 30.2 Å². The number of carbonyl (C=O) groups is 1. The molecule has 27 heavy (non-hydrogen) atoms. The number of nitrogens with one attached hydrogen (secondary N) is 3. The number of urea groups is 1. The lowest BCUT2D eigenvalue weighted by Gasteiger charge is -2.11. The first-order chi connectivity index (χ1) is 13.1. The van der Waals surface area contributed by atoms with Gasteiger partial charge in [-0.3, -0.25) is 0 Å². The molecular weight excluding hydrogens is 345 g/mol. The standard InChI is InChI=1S/C20H18FN5O/c1-13-3-2-4-14-11-15(12-22)19(26-18(13)14)23-9-10-24-20(27)25-17-7-5-16(21)6-8-17/h2-8,11H,9-10H2,1H3,(H,23,26)(H2,24,25,27). The summed E-state index contributed by atoms with van der Waals surface area (Å²) in [5.41, 5.74) is 2.81. The van der Waals surface area contributed by atoms with E-state index in [1.165, 1.54) is 24.3 Å². The summed E-state index contributed by atoms with van der Waals surface area (Å²) in [6, 6.07) is 14.9. The second-order valence-electron chi connectivity index (χ2n) is 5.96. The summed E-state index contributed by atoms with van der Waals surface area (Å²) in [6.45, 7) is 2.69. The van der Waals surface area contributed by atoms with Crippen LogP contribution in [0.2, 0.25) is 0 Å². The van der Waals surface area contributed by atoms with E-state index in [1.807, 2.05) is 25.1 Å². The molecule has 2 amide bonds. The smallest absolute Gasteiger partial charge is 0.319 e. The predicted molar refractivity (Wildman–Crippen MR) is 103 cm³/mol. The Morgan fingerprint density at radius 3 is 2.70 bits per heavy atom. The third-order valence-electron chi connectivity index (χ3n) is 3.97. The third kappa shape index (κ3) is 4.50. The van der Waals surface area contributed by atoms with Gasteiger partial charge in [-0.05, 0) is 42.8 Å². The Bertz CT molecular complexity index is 1010. The van der Waals surface area contributed by atoms with Crippen LogP contribution < -0.4 is 16.0 Å². The maximum Gasteiger partial charge on any atom is 0.319 e. The second kappa shape index (κ2) is 8.15. The number of aryl methyl sites for hydroxylation is 1. The van der Waals surface area contributed by atoms with E-state index in [9.17, 15) is 14.4 Å². The molecular formula is C20H18FN5O. The van der Waals surface area contributed by atoms with Crippen molar-refractivity contribution in [2.45, 2.75) is 6.92 Å². The van der Waals surface area contributed by atoms with Gasteiger partial charge in [-0.1, -0.05) is 18.2 Å². The van der Waals surface area contributed by atoms with Crippen molar-refractivity contribution in [2.24, 2.45) is 0 Å². The minimum Gasteiger partial charge on any atom is -0.367 e. The molecule has 1 aromatic heterocycles. The molecule has 0 aliphatic heterocycles. The van der Waals surface area contributed by atoms with Crippen LogP contribution in [-0.2, 0) is 0 Å². The van der Waals surface area contributed by atoms with E-state index in [4.69, 9.17) is 0 Å². The number of pyridine rings is 1. The molecule has 0 bridgehead atoms. The molecule has 136 valence electrons. The van der Waals surface area contributed by atoms with Crippen LogP contribution in [-0.4, -0.2) is 24.1 Å². The van der Waals surface area contributed by atoms with Crippen molar-refractivity contribution in [1.82, 2.24) is 10.3 Å². The third-order valence-corrected chi connectivity index (χ3v) is 3.97. The van der Waals surface area contributed by atoms with Gasteiger partial charge in [0.2, 0.25) is 0 Å². The predicted octanol–water partition coefficient (Wildman–Crippen LogP) is 3.79. The molecule has 0 aliphatic carbocycles. The highest BCUT2D eigenvalue weighted by Crippen LogP contribution is 2.22. The number of rotatable bonds is 5. The molecule has 0 unspecified atom stereocenters. The maximum absolute atomic E-state index is 12.9. The van der Waals surface area contributed by atoms with Gasteiger partial charge in [0.15, 0.2) is 0 Å². The molecule has 0 saturated heterocycles. The Morgan fingerprint density at radius 1 is 1.19 bits per heavy atom. The van der Waals surface area contributed by atoms with Gasteiger partial charge >= 0.3 is 6.03 Å². The molecule has 3 rings (SSSR count). The maximum atomic E-state index is 12.9. The molecule has 0 aliphatic rings. The van der Waals surface area contributed by atoms with Gasteiger partial charge in [0.1, 0.15) is 17.7 Å². The lowest BCUT2D eigenvalue weighted by Crippen LogP contribution is -2.32. The molecule has 0 atom stereocenters. The van der Waals surface area contributed by atoms with E-state index in [2.05, 4.69) is 27.0 Å². The van der Waals surface area contributed by atoms with Gasteiger partial charge in [0, 0.05) is 24.2 Å². The van der Waals surface area contributed by atoms with Gasteiger partial charge in [0.25, 0.3) is 0 Å². The van der Waals surface area contributed by atoms with Crippen molar-refractivity contribution < 1.29 is 9.18 Å². The number of nitriles is 1. The van der Waals surface area contributed by atoms with Crippen LogP contribution in [0.25, 0.3) is 10.9 Å². The summed E-state index contributed by atoms with van der Waals surface area (Å²) < 4.78 is 12.9. The van der Waals surface area contributed by atoms with Crippen molar-refractivity contribution in [1.29, 1.82) is 5.26 Å². The van der Waals surface area contributed by atoms with Crippen molar-refractivity contribution in [3.63, 3.8) is 0 Å². The van der Waals surface area contributed by atoms with Crippen LogP contribution >= 0.6 is 0 Å².